The average Bonchev–Trinajstić information content (AvgIpc) is 2.34. The van der Waals surface area contributed by atoms with Crippen LogP contribution in [0.25, 0.3) is 0 Å². The van der Waals surface area contributed by atoms with E-state index in [4.69, 9.17) is 0 Å². The molecule has 1 N–H and O–H groups in total. The van der Waals surface area contributed by atoms with Crippen molar-refractivity contribution < 1.29 is 13.6 Å². The molecule has 0 spiro atoms. The smallest absolute Gasteiger partial charge is 0.281 e. The third kappa shape index (κ3) is 2.23. The van der Waals surface area contributed by atoms with Crippen LogP contribution in [0.15, 0.2) is 5.38 Å². The maximum absolute atomic E-state index is 11.9. The maximum Gasteiger partial charge on any atom is 0.281 e. The van der Waals surface area contributed by atoms with E-state index in [0.717, 1.165) is 11.3 Å². The SMILES string of the molecule is CC(=O)Nc1nc(C(F)F)cs1. The van der Waals surface area contributed by atoms with Crippen LogP contribution in [0.2, 0.25) is 0 Å². The molecule has 1 rings (SSSR count). The topological polar surface area (TPSA) is 42.0 Å². The number of thiazole rings is 1. The van der Waals surface area contributed by atoms with Crippen LogP contribution >= 0.6 is 11.3 Å². The molecule has 0 aliphatic rings. The van der Waals surface area contributed by atoms with Crippen molar-refractivity contribution >= 4 is 22.4 Å². The van der Waals surface area contributed by atoms with E-state index in [0.29, 0.717) is 0 Å². The lowest BCUT2D eigenvalue weighted by Gasteiger charge is -1.93. The number of nitrogens with one attached hydrogen (secondary N) is 1. The van der Waals surface area contributed by atoms with Gasteiger partial charge in [-0.05, 0) is 0 Å². The minimum Gasteiger partial charge on any atom is -0.302 e. The fourth-order valence-electron chi connectivity index (χ4n) is 0.594. The Labute approximate surface area is 71.4 Å². The number of aromatic nitrogens is 1. The average molecular weight is 192 g/mol. The van der Waals surface area contributed by atoms with Gasteiger partial charge in [0.15, 0.2) is 5.13 Å². The lowest BCUT2D eigenvalue weighted by atomic mass is 10.5. The summed E-state index contributed by atoms with van der Waals surface area (Å²) in [4.78, 5) is 13.9. The van der Waals surface area contributed by atoms with E-state index in [1.54, 1.807) is 0 Å². The lowest BCUT2D eigenvalue weighted by molar-refractivity contribution is -0.114. The number of hydrogen-bond donors (Lipinski definition) is 1. The van der Waals surface area contributed by atoms with Gasteiger partial charge in [0.25, 0.3) is 6.43 Å². The summed E-state index contributed by atoms with van der Waals surface area (Å²) < 4.78 is 23.9. The zero-order valence-corrected chi connectivity index (χ0v) is 6.99. The largest absolute Gasteiger partial charge is 0.302 e. The van der Waals surface area contributed by atoms with E-state index in [1.807, 2.05) is 0 Å². The summed E-state index contributed by atoms with van der Waals surface area (Å²) in [7, 11) is 0. The van der Waals surface area contributed by atoms with Crippen LogP contribution in [-0.4, -0.2) is 10.9 Å². The van der Waals surface area contributed by atoms with Gasteiger partial charge in [-0.15, -0.1) is 11.3 Å². The first-order valence-electron chi connectivity index (χ1n) is 3.10. The summed E-state index contributed by atoms with van der Waals surface area (Å²) in [5, 5.41) is 3.74. The second kappa shape index (κ2) is 3.57. The predicted octanol–water partition coefficient (Wildman–Crippen LogP) is 2.04. The van der Waals surface area contributed by atoms with Crippen LogP contribution < -0.4 is 5.32 Å². The third-order valence-corrected chi connectivity index (χ3v) is 1.80. The summed E-state index contributed by atoms with van der Waals surface area (Å²) >= 11 is 0.983. The minimum atomic E-state index is -2.58. The van der Waals surface area contributed by atoms with Gasteiger partial charge in [-0.25, -0.2) is 13.8 Å². The van der Waals surface area contributed by atoms with Gasteiger partial charge in [-0.3, -0.25) is 4.79 Å². The molecule has 0 aliphatic heterocycles. The number of hydrogen-bond acceptors (Lipinski definition) is 3. The summed E-state index contributed by atoms with van der Waals surface area (Å²) in [5.41, 5.74) is -0.302. The standard InChI is InChI=1S/C6H6F2N2OS/c1-3(11)9-6-10-4(2-12-6)5(7)8/h2,5H,1H3,(H,9,10,11). The minimum absolute atomic E-state index is 0.206. The van der Waals surface area contributed by atoms with Gasteiger partial charge in [0.2, 0.25) is 5.91 Å². The van der Waals surface area contributed by atoms with Gasteiger partial charge < -0.3 is 5.32 Å². The number of carbonyl (C=O) groups is 1. The van der Waals surface area contributed by atoms with Gasteiger partial charge in [0.1, 0.15) is 5.69 Å². The van der Waals surface area contributed by atoms with Gasteiger partial charge in [0.05, 0.1) is 0 Å². The number of carbonyl (C=O) groups excluding carboxylic acids is 1. The van der Waals surface area contributed by atoms with E-state index >= 15 is 0 Å². The molecule has 0 radical (unpaired) electrons. The Morgan fingerprint density at radius 3 is 2.83 bits per heavy atom. The third-order valence-electron chi connectivity index (χ3n) is 1.03. The van der Waals surface area contributed by atoms with Crippen molar-refractivity contribution in [3.05, 3.63) is 11.1 Å². The van der Waals surface area contributed by atoms with Crippen LogP contribution in [-0.2, 0) is 4.79 Å². The molecule has 0 unspecified atom stereocenters. The Morgan fingerprint density at radius 1 is 1.75 bits per heavy atom. The fourth-order valence-corrected chi connectivity index (χ4v) is 1.34. The van der Waals surface area contributed by atoms with Crippen molar-refractivity contribution in [2.75, 3.05) is 5.32 Å². The van der Waals surface area contributed by atoms with Gasteiger partial charge in [-0.1, -0.05) is 0 Å². The molecule has 0 aliphatic carbocycles. The highest BCUT2D eigenvalue weighted by atomic mass is 32.1. The van der Waals surface area contributed by atoms with Crippen LogP contribution in [0.5, 0.6) is 0 Å². The van der Waals surface area contributed by atoms with Gasteiger partial charge in [-0.2, -0.15) is 0 Å². The number of rotatable bonds is 2. The second-order valence-corrected chi connectivity index (χ2v) is 2.92. The summed E-state index contributed by atoms with van der Waals surface area (Å²) in [6.07, 6.45) is -2.58. The zero-order chi connectivity index (χ0) is 9.14. The van der Waals surface area contributed by atoms with Gasteiger partial charge >= 0.3 is 0 Å². The molecule has 66 valence electrons. The molecule has 12 heavy (non-hydrogen) atoms. The molecule has 0 saturated carbocycles. The Bertz CT molecular complexity index is 287. The first kappa shape index (κ1) is 9.05. The van der Waals surface area contributed by atoms with Crippen molar-refractivity contribution in [1.82, 2.24) is 4.98 Å². The van der Waals surface area contributed by atoms with E-state index < -0.39 is 6.43 Å². The number of amides is 1. The molecule has 1 heterocycles. The first-order chi connectivity index (χ1) is 5.59. The van der Waals surface area contributed by atoms with Gasteiger partial charge in [0, 0.05) is 12.3 Å². The van der Waals surface area contributed by atoms with Crippen molar-refractivity contribution in [2.24, 2.45) is 0 Å². The summed E-state index contributed by atoms with van der Waals surface area (Å²) in [6, 6.07) is 0. The maximum atomic E-state index is 11.9. The fraction of sp³-hybridized carbons (Fsp3) is 0.333. The summed E-state index contributed by atoms with van der Waals surface area (Å²) in [5.74, 6) is -0.315. The Balaban J connectivity index is 2.70. The first-order valence-corrected chi connectivity index (χ1v) is 3.98. The lowest BCUT2D eigenvalue weighted by Crippen LogP contribution is -2.05. The zero-order valence-electron chi connectivity index (χ0n) is 6.17. The molecule has 1 aromatic heterocycles. The highest BCUT2D eigenvalue weighted by Gasteiger charge is 2.11. The highest BCUT2D eigenvalue weighted by molar-refractivity contribution is 7.13. The van der Waals surface area contributed by atoms with E-state index in [2.05, 4.69) is 10.3 Å². The van der Waals surface area contributed by atoms with Crippen LogP contribution in [0.4, 0.5) is 13.9 Å². The molecule has 0 fully saturated rings. The van der Waals surface area contributed by atoms with Crippen LogP contribution in [0.3, 0.4) is 0 Å². The normalized spacial score (nSPS) is 10.3. The molecule has 3 nitrogen and oxygen atoms in total. The molecule has 1 amide bonds. The van der Waals surface area contributed by atoms with E-state index in [1.165, 1.54) is 12.3 Å². The summed E-state index contributed by atoms with van der Waals surface area (Å²) in [6.45, 7) is 1.30. The molecule has 0 aromatic carbocycles. The Morgan fingerprint density at radius 2 is 2.42 bits per heavy atom. The van der Waals surface area contributed by atoms with Crippen molar-refractivity contribution in [1.29, 1.82) is 0 Å². The molecule has 0 saturated heterocycles. The van der Waals surface area contributed by atoms with Crippen molar-refractivity contribution in [3.8, 4) is 0 Å². The molecule has 6 heteroatoms. The van der Waals surface area contributed by atoms with Crippen LogP contribution in [0, 0.1) is 0 Å². The van der Waals surface area contributed by atoms with E-state index in [9.17, 15) is 13.6 Å². The number of nitrogens with zero attached hydrogens (tertiary/aromatic N) is 1. The van der Waals surface area contributed by atoms with Crippen molar-refractivity contribution in [2.45, 2.75) is 13.3 Å². The molecule has 0 bridgehead atoms. The van der Waals surface area contributed by atoms with Crippen molar-refractivity contribution in [3.63, 3.8) is 0 Å². The number of halogens is 2. The second-order valence-electron chi connectivity index (χ2n) is 2.06. The molecular formula is C6H6F2N2OS. The molecular weight excluding hydrogens is 186 g/mol. The molecule has 0 atom stereocenters. The predicted molar refractivity (Wildman–Crippen MR) is 41.4 cm³/mol. The molecule has 1 aromatic rings. The number of anilines is 1. The number of alkyl halides is 2. The Kier molecular flexibility index (Phi) is 2.69. The van der Waals surface area contributed by atoms with Crippen LogP contribution in [0.1, 0.15) is 19.0 Å². The quantitative estimate of drug-likeness (QED) is 0.779. The Hall–Kier alpha value is -1.04. The monoisotopic (exact) mass is 192 g/mol. The van der Waals surface area contributed by atoms with E-state index in [-0.39, 0.29) is 16.7 Å². The highest BCUT2D eigenvalue weighted by Crippen LogP contribution is 2.23.